The van der Waals surface area contributed by atoms with Crippen LogP contribution in [-0.2, 0) is 22.6 Å². The third-order valence-electron chi connectivity index (χ3n) is 5.04. The van der Waals surface area contributed by atoms with E-state index < -0.39 is 5.97 Å². The molecule has 8 nitrogen and oxygen atoms in total. The van der Waals surface area contributed by atoms with E-state index in [0.717, 1.165) is 27.9 Å². The van der Waals surface area contributed by atoms with Crippen molar-refractivity contribution in [2.24, 2.45) is 5.16 Å². The van der Waals surface area contributed by atoms with Crippen molar-refractivity contribution in [3.8, 4) is 5.75 Å². The van der Waals surface area contributed by atoms with E-state index in [2.05, 4.69) is 14.9 Å². The van der Waals surface area contributed by atoms with E-state index in [0.29, 0.717) is 30.2 Å². The van der Waals surface area contributed by atoms with Gasteiger partial charge in [0.1, 0.15) is 36.1 Å². The van der Waals surface area contributed by atoms with Gasteiger partial charge in [0, 0.05) is 28.7 Å². The second kappa shape index (κ2) is 10.0. The first-order chi connectivity index (χ1) is 16.0. The highest BCUT2D eigenvalue weighted by Gasteiger charge is 2.16. The van der Waals surface area contributed by atoms with Crippen LogP contribution in [-0.4, -0.2) is 39.7 Å². The first-order valence-corrected chi connectivity index (χ1v) is 10.7. The molecule has 33 heavy (non-hydrogen) atoms. The summed E-state index contributed by atoms with van der Waals surface area (Å²) < 4.78 is 13.3. The summed E-state index contributed by atoms with van der Waals surface area (Å²) in [5.41, 5.74) is 4.05. The average Bonchev–Trinajstić information content (AvgIpc) is 3.37. The lowest BCUT2D eigenvalue weighted by molar-refractivity contribution is -0.136. The number of aliphatic carboxylic acids is 1. The van der Waals surface area contributed by atoms with Crippen LogP contribution in [0.4, 0.5) is 0 Å². The zero-order valence-corrected chi connectivity index (χ0v) is 18.5. The highest BCUT2D eigenvalue weighted by molar-refractivity contribution is 6.11. The number of carbonyl (C=O) groups is 1. The Balaban J connectivity index is 1.63. The number of hydrogen-bond acceptors (Lipinski definition) is 6. The first-order valence-electron chi connectivity index (χ1n) is 10.7. The molecule has 0 spiro atoms. The predicted octanol–water partition coefficient (Wildman–Crippen LogP) is 4.43. The molecule has 4 rings (SSSR count). The standard InChI is InChI=1S/C25H25N3O5/c1-3-32-27-23(16-31-20-8-6-7-18(12-20)13-25(29)30)22-15-28(14-19-11-17(2)33-26-19)24-10-5-4-9-21(22)24/h4-12,15H,3,13-14,16H2,1-2H3,(H,29,30)/b27-23+. The second-order valence-corrected chi connectivity index (χ2v) is 7.58. The molecule has 170 valence electrons. The molecule has 0 atom stereocenters. The lowest BCUT2D eigenvalue weighted by Gasteiger charge is -2.09. The van der Waals surface area contributed by atoms with Crippen molar-refractivity contribution in [3.05, 3.63) is 83.4 Å². The molecule has 0 radical (unpaired) electrons. The van der Waals surface area contributed by atoms with E-state index in [4.69, 9.17) is 19.2 Å². The molecule has 0 unspecified atom stereocenters. The van der Waals surface area contributed by atoms with Crippen molar-refractivity contribution in [3.63, 3.8) is 0 Å². The summed E-state index contributed by atoms with van der Waals surface area (Å²) >= 11 is 0. The van der Waals surface area contributed by atoms with Gasteiger partial charge in [-0.3, -0.25) is 4.79 Å². The van der Waals surface area contributed by atoms with E-state index in [-0.39, 0.29) is 13.0 Å². The van der Waals surface area contributed by atoms with Gasteiger partial charge in [-0.25, -0.2) is 0 Å². The molecule has 1 N–H and O–H groups in total. The molecule has 0 aliphatic heterocycles. The largest absolute Gasteiger partial charge is 0.487 e. The molecule has 0 aliphatic carbocycles. The summed E-state index contributed by atoms with van der Waals surface area (Å²) in [6.45, 7) is 4.87. The summed E-state index contributed by atoms with van der Waals surface area (Å²) in [6, 6.07) is 17.0. The molecule has 0 saturated carbocycles. The Morgan fingerprint density at radius 3 is 2.79 bits per heavy atom. The molecule has 0 fully saturated rings. The normalized spacial score (nSPS) is 11.6. The minimum absolute atomic E-state index is 0.0634. The van der Waals surface area contributed by atoms with Crippen LogP contribution in [0.25, 0.3) is 10.9 Å². The van der Waals surface area contributed by atoms with E-state index in [9.17, 15) is 4.79 Å². The number of aromatic nitrogens is 2. The molecular weight excluding hydrogens is 422 g/mol. The molecule has 0 bridgehead atoms. The molecule has 2 heterocycles. The van der Waals surface area contributed by atoms with Crippen molar-refractivity contribution >= 4 is 22.6 Å². The quantitative estimate of drug-likeness (QED) is 0.285. The van der Waals surface area contributed by atoms with Crippen LogP contribution in [0.1, 0.15) is 29.5 Å². The van der Waals surface area contributed by atoms with Gasteiger partial charge in [0.15, 0.2) is 0 Å². The van der Waals surface area contributed by atoms with Gasteiger partial charge in [0.25, 0.3) is 0 Å². The zero-order chi connectivity index (χ0) is 23.2. The van der Waals surface area contributed by atoms with Crippen LogP contribution in [0.5, 0.6) is 5.75 Å². The summed E-state index contributed by atoms with van der Waals surface area (Å²) in [6.07, 6.45) is 1.95. The Labute approximate surface area is 191 Å². The average molecular weight is 447 g/mol. The van der Waals surface area contributed by atoms with Crippen LogP contribution >= 0.6 is 0 Å². The number of hydrogen-bond donors (Lipinski definition) is 1. The fourth-order valence-electron chi connectivity index (χ4n) is 3.64. The van der Waals surface area contributed by atoms with Gasteiger partial charge >= 0.3 is 5.97 Å². The van der Waals surface area contributed by atoms with Crippen LogP contribution < -0.4 is 4.74 Å². The van der Waals surface area contributed by atoms with Crippen molar-refractivity contribution in [1.82, 2.24) is 9.72 Å². The molecule has 0 aliphatic rings. The van der Waals surface area contributed by atoms with Gasteiger partial charge in [-0.15, -0.1) is 0 Å². The van der Waals surface area contributed by atoms with Gasteiger partial charge in [0.05, 0.1) is 13.0 Å². The second-order valence-electron chi connectivity index (χ2n) is 7.58. The zero-order valence-electron chi connectivity index (χ0n) is 18.5. The lowest BCUT2D eigenvalue weighted by atomic mass is 10.1. The van der Waals surface area contributed by atoms with Crippen LogP contribution in [0, 0.1) is 6.92 Å². The molecule has 2 aromatic carbocycles. The predicted molar refractivity (Wildman–Crippen MR) is 124 cm³/mol. The van der Waals surface area contributed by atoms with Gasteiger partial charge < -0.3 is 23.8 Å². The number of fused-ring (bicyclic) bond motifs is 1. The number of rotatable bonds is 10. The van der Waals surface area contributed by atoms with Crippen LogP contribution in [0.3, 0.4) is 0 Å². The minimum atomic E-state index is -0.888. The maximum Gasteiger partial charge on any atom is 0.307 e. The number of benzene rings is 2. The number of para-hydroxylation sites is 1. The molecular formula is C25H25N3O5. The van der Waals surface area contributed by atoms with Crippen LogP contribution in [0.2, 0.25) is 0 Å². The van der Waals surface area contributed by atoms with Crippen molar-refractivity contribution in [2.45, 2.75) is 26.8 Å². The third-order valence-corrected chi connectivity index (χ3v) is 5.04. The van der Waals surface area contributed by atoms with Gasteiger partial charge in [-0.1, -0.05) is 40.6 Å². The number of ether oxygens (including phenoxy) is 1. The monoisotopic (exact) mass is 447 g/mol. The highest BCUT2D eigenvalue weighted by Crippen LogP contribution is 2.24. The first kappa shape index (κ1) is 22.1. The van der Waals surface area contributed by atoms with Crippen molar-refractivity contribution in [2.75, 3.05) is 13.2 Å². The SMILES string of the molecule is CCO/N=C(\COc1cccc(CC(=O)O)c1)c1cn(Cc2cc(C)on2)c2ccccc12. The Kier molecular flexibility index (Phi) is 6.73. The molecule has 8 heteroatoms. The van der Waals surface area contributed by atoms with E-state index >= 15 is 0 Å². The summed E-state index contributed by atoms with van der Waals surface area (Å²) in [7, 11) is 0. The van der Waals surface area contributed by atoms with Gasteiger partial charge in [-0.05, 0) is 37.6 Å². The van der Waals surface area contributed by atoms with E-state index in [1.165, 1.54) is 0 Å². The maximum absolute atomic E-state index is 11.0. The Bertz CT molecular complexity index is 1290. The number of aryl methyl sites for hydroxylation is 1. The number of nitrogens with zero attached hydrogens (tertiary/aromatic N) is 3. The molecule has 0 saturated heterocycles. The summed E-state index contributed by atoms with van der Waals surface area (Å²) in [5.74, 6) is 0.444. The fourth-order valence-corrected chi connectivity index (χ4v) is 3.64. The Morgan fingerprint density at radius 2 is 2.03 bits per heavy atom. The minimum Gasteiger partial charge on any atom is -0.487 e. The molecule has 4 aromatic rings. The summed E-state index contributed by atoms with van der Waals surface area (Å²) in [4.78, 5) is 16.4. The van der Waals surface area contributed by atoms with E-state index in [1.54, 1.807) is 24.3 Å². The third kappa shape index (κ3) is 5.41. The number of oxime groups is 1. The Morgan fingerprint density at radius 1 is 1.18 bits per heavy atom. The maximum atomic E-state index is 11.0. The van der Waals surface area contributed by atoms with Crippen LogP contribution in [0.15, 0.2) is 70.5 Å². The van der Waals surface area contributed by atoms with Crippen molar-refractivity contribution < 1.29 is 24.0 Å². The smallest absolute Gasteiger partial charge is 0.307 e. The molecule has 0 amide bonds. The number of carboxylic acids is 1. The summed E-state index contributed by atoms with van der Waals surface area (Å²) in [5, 5.41) is 18.5. The fraction of sp³-hybridized carbons (Fsp3) is 0.240. The van der Waals surface area contributed by atoms with Gasteiger partial charge in [0.2, 0.25) is 0 Å². The van der Waals surface area contributed by atoms with Crippen molar-refractivity contribution in [1.29, 1.82) is 0 Å². The topological polar surface area (TPSA) is 99.1 Å². The van der Waals surface area contributed by atoms with E-state index in [1.807, 2.05) is 50.4 Å². The molecule has 2 aromatic heterocycles. The van der Waals surface area contributed by atoms with Gasteiger partial charge in [-0.2, -0.15) is 0 Å². The highest BCUT2D eigenvalue weighted by atomic mass is 16.6. The Hall–Kier alpha value is -4.07. The lowest BCUT2D eigenvalue weighted by Crippen LogP contribution is -2.14. The number of carboxylic acid groups (broad SMARTS) is 1.